The van der Waals surface area contributed by atoms with Gasteiger partial charge in [-0.2, -0.15) is 4.39 Å². The summed E-state index contributed by atoms with van der Waals surface area (Å²) in [6, 6.07) is 9.84. The lowest BCUT2D eigenvalue weighted by Gasteiger charge is -2.08. The largest absolute Gasteiger partial charge is 0.494 e. The summed E-state index contributed by atoms with van der Waals surface area (Å²) in [6.07, 6.45) is 7.13. The van der Waals surface area contributed by atoms with Gasteiger partial charge in [-0.15, -0.1) is 0 Å². The fourth-order valence-corrected chi connectivity index (χ4v) is 2.48. The Bertz CT molecular complexity index is 699. The van der Waals surface area contributed by atoms with Gasteiger partial charge in [0.25, 0.3) is 0 Å². The van der Waals surface area contributed by atoms with E-state index in [1.807, 2.05) is 0 Å². The molecule has 0 bridgehead atoms. The molecule has 0 aromatic heterocycles. The van der Waals surface area contributed by atoms with E-state index in [2.05, 4.69) is 6.92 Å². The van der Waals surface area contributed by atoms with Crippen molar-refractivity contribution >= 4 is 5.97 Å². The Labute approximate surface area is 152 Å². The zero-order valence-corrected chi connectivity index (χ0v) is 15.0. The molecule has 26 heavy (non-hydrogen) atoms. The van der Waals surface area contributed by atoms with E-state index in [0.29, 0.717) is 12.4 Å². The maximum atomic E-state index is 13.5. The smallest absolute Gasteiger partial charge is 0.343 e. The van der Waals surface area contributed by atoms with Crippen LogP contribution in [0.4, 0.5) is 8.78 Å². The molecule has 3 nitrogen and oxygen atoms in total. The molecule has 0 spiro atoms. The highest BCUT2D eigenvalue weighted by Gasteiger charge is 2.14. The van der Waals surface area contributed by atoms with Crippen LogP contribution in [0.3, 0.4) is 0 Å². The highest BCUT2D eigenvalue weighted by Crippen LogP contribution is 2.21. The molecule has 0 saturated heterocycles. The molecule has 5 heteroatoms. The zero-order valence-electron chi connectivity index (χ0n) is 15.0. The fourth-order valence-electron chi connectivity index (χ4n) is 2.48. The molecule has 0 radical (unpaired) electrons. The van der Waals surface area contributed by atoms with Gasteiger partial charge in [0.2, 0.25) is 5.82 Å². The summed E-state index contributed by atoms with van der Waals surface area (Å²) in [4.78, 5) is 12.0. The van der Waals surface area contributed by atoms with E-state index < -0.39 is 23.4 Å². The predicted octanol–water partition coefficient (Wildman–Crippen LogP) is 5.92. The normalized spacial score (nSPS) is 10.6. The average Bonchev–Trinajstić information content (AvgIpc) is 2.65. The number of halogens is 2. The molecule has 2 aromatic carbocycles. The van der Waals surface area contributed by atoms with Crippen LogP contribution in [0.1, 0.15) is 55.8 Å². The van der Waals surface area contributed by atoms with Crippen LogP contribution in [0.5, 0.6) is 11.5 Å². The van der Waals surface area contributed by atoms with Gasteiger partial charge in [-0.3, -0.25) is 0 Å². The molecule has 0 atom stereocenters. The second-order valence-corrected chi connectivity index (χ2v) is 6.08. The van der Waals surface area contributed by atoms with Gasteiger partial charge >= 0.3 is 5.97 Å². The zero-order chi connectivity index (χ0) is 18.8. The summed E-state index contributed by atoms with van der Waals surface area (Å²) in [5.41, 5.74) is 0.237. The van der Waals surface area contributed by atoms with Crippen molar-refractivity contribution in [2.24, 2.45) is 0 Å². The Morgan fingerprint density at radius 1 is 0.923 bits per heavy atom. The van der Waals surface area contributed by atoms with Crippen molar-refractivity contribution in [3.8, 4) is 11.5 Å². The highest BCUT2D eigenvalue weighted by atomic mass is 19.2. The highest BCUT2D eigenvalue weighted by molar-refractivity contribution is 5.91. The standard InChI is InChI=1S/C21H24F2O3/c1-2-3-4-5-6-7-15-25-17-13-11-16(12-14-17)21(24)26-19-10-8-9-18(22)20(19)23/h8-14H,2-7,15H2,1H3. The van der Waals surface area contributed by atoms with Gasteiger partial charge in [0.05, 0.1) is 12.2 Å². The van der Waals surface area contributed by atoms with Gasteiger partial charge in [0.1, 0.15) is 5.75 Å². The lowest BCUT2D eigenvalue weighted by molar-refractivity contribution is 0.0726. The first kappa shape index (κ1) is 19.9. The quantitative estimate of drug-likeness (QED) is 0.299. The molecule has 0 aliphatic carbocycles. The molecule has 0 aliphatic heterocycles. The molecule has 0 amide bonds. The molecule has 0 saturated carbocycles. The van der Waals surface area contributed by atoms with Gasteiger partial charge in [0.15, 0.2) is 11.6 Å². The van der Waals surface area contributed by atoms with Crippen molar-refractivity contribution in [1.29, 1.82) is 0 Å². The number of hydrogen-bond donors (Lipinski definition) is 0. The Kier molecular flexibility index (Phi) is 8.06. The topological polar surface area (TPSA) is 35.5 Å². The number of esters is 1. The summed E-state index contributed by atoms with van der Waals surface area (Å²) in [5.74, 6) is -2.77. The first-order valence-electron chi connectivity index (χ1n) is 9.01. The summed E-state index contributed by atoms with van der Waals surface area (Å²) in [5, 5.41) is 0. The van der Waals surface area contributed by atoms with Crippen molar-refractivity contribution in [2.75, 3.05) is 6.61 Å². The van der Waals surface area contributed by atoms with Crippen molar-refractivity contribution in [2.45, 2.75) is 45.4 Å². The third kappa shape index (κ3) is 6.14. The molecule has 0 N–H and O–H groups in total. The molecule has 140 valence electrons. The van der Waals surface area contributed by atoms with E-state index in [-0.39, 0.29) is 5.56 Å². The van der Waals surface area contributed by atoms with Gasteiger partial charge in [0, 0.05) is 0 Å². The summed E-state index contributed by atoms with van der Waals surface area (Å²) < 4.78 is 37.2. The van der Waals surface area contributed by atoms with E-state index in [4.69, 9.17) is 9.47 Å². The fraction of sp³-hybridized carbons (Fsp3) is 0.381. The van der Waals surface area contributed by atoms with E-state index in [9.17, 15) is 13.6 Å². The molecule has 0 aliphatic rings. The van der Waals surface area contributed by atoms with Crippen LogP contribution < -0.4 is 9.47 Å². The Hall–Kier alpha value is -2.43. The number of unbranched alkanes of at least 4 members (excludes halogenated alkanes) is 5. The summed E-state index contributed by atoms with van der Waals surface area (Å²) in [7, 11) is 0. The minimum absolute atomic E-state index is 0.237. The van der Waals surface area contributed by atoms with Gasteiger partial charge in [-0.1, -0.05) is 45.1 Å². The van der Waals surface area contributed by atoms with Gasteiger partial charge in [-0.05, 0) is 42.8 Å². The molecule has 0 heterocycles. The number of benzene rings is 2. The van der Waals surface area contributed by atoms with E-state index in [1.54, 1.807) is 12.1 Å². The first-order valence-corrected chi connectivity index (χ1v) is 9.01. The van der Waals surface area contributed by atoms with Crippen LogP contribution in [0.2, 0.25) is 0 Å². The number of carbonyl (C=O) groups is 1. The van der Waals surface area contributed by atoms with Gasteiger partial charge < -0.3 is 9.47 Å². The third-order valence-corrected chi connectivity index (χ3v) is 3.98. The molecule has 0 fully saturated rings. The number of hydrogen-bond acceptors (Lipinski definition) is 3. The number of ether oxygens (including phenoxy) is 2. The lowest BCUT2D eigenvalue weighted by Crippen LogP contribution is -2.10. The molecule has 2 aromatic rings. The SMILES string of the molecule is CCCCCCCCOc1ccc(C(=O)Oc2cccc(F)c2F)cc1. The monoisotopic (exact) mass is 362 g/mol. The molecule has 0 unspecified atom stereocenters. The van der Waals surface area contributed by atoms with Crippen molar-refractivity contribution in [3.63, 3.8) is 0 Å². The van der Waals surface area contributed by atoms with Crippen LogP contribution in [-0.2, 0) is 0 Å². The first-order chi connectivity index (χ1) is 12.6. The maximum absolute atomic E-state index is 13.5. The van der Waals surface area contributed by atoms with Crippen LogP contribution >= 0.6 is 0 Å². The second-order valence-electron chi connectivity index (χ2n) is 6.08. The van der Waals surface area contributed by atoms with E-state index in [0.717, 1.165) is 18.9 Å². The summed E-state index contributed by atoms with van der Waals surface area (Å²) >= 11 is 0. The average molecular weight is 362 g/mol. The predicted molar refractivity (Wildman–Crippen MR) is 96.6 cm³/mol. The number of carbonyl (C=O) groups excluding carboxylic acids is 1. The van der Waals surface area contributed by atoms with Crippen LogP contribution in [0.25, 0.3) is 0 Å². The maximum Gasteiger partial charge on any atom is 0.343 e. The Balaban J connectivity index is 1.79. The van der Waals surface area contributed by atoms with Crippen LogP contribution in [0, 0.1) is 11.6 Å². The minimum Gasteiger partial charge on any atom is -0.494 e. The molecule has 2 rings (SSSR count). The van der Waals surface area contributed by atoms with Crippen LogP contribution in [-0.4, -0.2) is 12.6 Å². The lowest BCUT2D eigenvalue weighted by atomic mass is 10.1. The van der Waals surface area contributed by atoms with Crippen molar-refractivity contribution in [3.05, 3.63) is 59.7 Å². The molecular formula is C21H24F2O3. The third-order valence-electron chi connectivity index (χ3n) is 3.98. The van der Waals surface area contributed by atoms with E-state index in [1.165, 1.54) is 49.9 Å². The Morgan fingerprint density at radius 3 is 2.35 bits per heavy atom. The number of rotatable bonds is 10. The second kappa shape index (κ2) is 10.5. The van der Waals surface area contributed by atoms with Crippen LogP contribution in [0.15, 0.2) is 42.5 Å². The molecular weight excluding hydrogens is 338 g/mol. The Morgan fingerprint density at radius 2 is 1.62 bits per heavy atom. The summed E-state index contributed by atoms with van der Waals surface area (Å²) in [6.45, 7) is 2.82. The van der Waals surface area contributed by atoms with Crippen molar-refractivity contribution in [1.82, 2.24) is 0 Å². The minimum atomic E-state index is -1.18. The van der Waals surface area contributed by atoms with Gasteiger partial charge in [-0.25, -0.2) is 9.18 Å². The van der Waals surface area contributed by atoms with Crippen molar-refractivity contribution < 1.29 is 23.0 Å². The van der Waals surface area contributed by atoms with E-state index >= 15 is 0 Å².